The number of rotatable bonds is 24. The molecule has 0 heterocycles. The van der Waals surface area contributed by atoms with E-state index in [1.54, 1.807) is 6.07 Å². The summed E-state index contributed by atoms with van der Waals surface area (Å²) in [4.78, 5) is 91.7. The molecule has 0 aromatic heterocycles. The van der Waals surface area contributed by atoms with Gasteiger partial charge in [0.15, 0.2) is 11.9 Å². The van der Waals surface area contributed by atoms with Gasteiger partial charge in [-0.05, 0) is 56.7 Å². The fourth-order valence-electron chi connectivity index (χ4n) is 5.33. The van der Waals surface area contributed by atoms with Crippen LogP contribution in [-0.4, -0.2) is 125 Å². The summed E-state index contributed by atoms with van der Waals surface area (Å²) in [6.45, 7) is 2.61. The number of carbonyl (C=O) groups excluding carboxylic acids is 7. The molecule has 0 radical (unpaired) electrons. The Balaban J connectivity index is 3.45. The number of primary amides is 2. The van der Waals surface area contributed by atoms with Crippen LogP contribution in [0.3, 0.4) is 0 Å². The van der Waals surface area contributed by atoms with E-state index in [-0.39, 0.29) is 75.7 Å². The molecule has 6 atom stereocenters. The van der Waals surface area contributed by atoms with Crippen LogP contribution in [0, 0.1) is 10.8 Å². The number of carbonyl (C=O) groups is 7. The van der Waals surface area contributed by atoms with Crippen molar-refractivity contribution in [2.45, 2.75) is 95.1 Å². The standard InChI is InChI=1S/C33H55N13O9/c1-17(47)26(42-18(2)48)30(54)43-21(9-5-13-40-32(36)37)28(52)44-22(11-12-25(34)50)31(55)46(3)24(10-6-14-41-33(38)39)29(53)45-23(27(35)51)16-19-7-4-8-20(49)15-19/h4,7-8,15,17,21-24,26,47,49H,5-6,9-14,16H2,1-3H3,(H2,34,50)(H2,35,51)(H,42,48)(H,43,54)(H,44,52)(H,45,53)(H4,36,37,40)(H4,38,39,41)/t17-,21+,22+,23+,24+,26+/m1/s1. The fraction of sp³-hybridized carbons (Fsp3) is 0.545. The minimum Gasteiger partial charge on any atom is -0.508 e. The first-order chi connectivity index (χ1) is 25.7. The second-order valence-electron chi connectivity index (χ2n) is 12.8. The summed E-state index contributed by atoms with van der Waals surface area (Å²) in [5.74, 6) is -6.62. The summed E-state index contributed by atoms with van der Waals surface area (Å²) in [6.07, 6.45) is -1.97. The zero-order valence-corrected chi connectivity index (χ0v) is 31.1. The molecule has 1 aromatic carbocycles. The summed E-state index contributed by atoms with van der Waals surface area (Å²) >= 11 is 0. The van der Waals surface area contributed by atoms with Gasteiger partial charge in [0.2, 0.25) is 41.4 Å². The normalized spacial score (nSPS) is 14.0. The average Bonchev–Trinajstić information content (AvgIpc) is 3.08. The molecule has 0 saturated heterocycles. The van der Waals surface area contributed by atoms with Crippen LogP contribution in [0.1, 0.15) is 57.9 Å². The number of aromatic hydroxyl groups is 1. The summed E-state index contributed by atoms with van der Waals surface area (Å²) in [5.41, 5.74) is 22.1. The van der Waals surface area contributed by atoms with E-state index < -0.39 is 77.7 Å². The van der Waals surface area contributed by atoms with Gasteiger partial charge in [-0.25, -0.2) is 0 Å². The molecule has 0 unspecified atom stereocenters. The Morgan fingerprint density at radius 2 is 1.35 bits per heavy atom. The zero-order valence-electron chi connectivity index (χ0n) is 31.1. The van der Waals surface area contributed by atoms with Crippen LogP contribution in [0.15, 0.2) is 24.3 Å². The summed E-state index contributed by atoms with van der Waals surface area (Å²) in [7, 11) is 1.26. The molecule has 0 saturated carbocycles. The maximum Gasteiger partial charge on any atom is 0.245 e. The quantitative estimate of drug-likeness (QED) is 0.0267. The molecule has 1 rings (SSSR count). The van der Waals surface area contributed by atoms with Crippen molar-refractivity contribution in [2.75, 3.05) is 20.1 Å². The van der Waals surface area contributed by atoms with E-state index in [1.807, 2.05) is 0 Å². The highest BCUT2D eigenvalue weighted by atomic mass is 16.3. The lowest BCUT2D eigenvalue weighted by Crippen LogP contribution is -2.60. The Morgan fingerprint density at radius 1 is 0.782 bits per heavy atom. The number of phenolic OH excluding ortho intramolecular Hbond substituents is 1. The average molecular weight is 778 g/mol. The Morgan fingerprint density at radius 3 is 1.85 bits per heavy atom. The topological polar surface area (TPSA) is 387 Å². The molecule has 0 aliphatic carbocycles. The first kappa shape index (κ1) is 46.8. The van der Waals surface area contributed by atoms with Gasteiger partial charge in [0.25, 0.3) is 0 Å². The Kier molecular flexibility index (Phi) is 20.0. The zero-order chi connectivity index (χ0) is 41.8. The van der Waals surface area contributed by atoms with Crippen molar-refractivity contribution in [1.82, 2.24) is 36.8 Å². The molecular formula is C33H55N13O9. The third kappa shape index (κ3) is 17.9. The van der Waals surface area contributed by atoms with Gasteiger partial charge in [-0.2, -0.15) is 0 Å². The first-order valence-corrected chi connectivity index (χ1v) is 17.4. The Bertz CT molecular complexity index is 1540. The van der Waals surface area contributed by atoms with Gasteiger partial charge in [0.1, 0.15) is 36.0 Å². The minimum absolute atomic E-state index is 0.0475. The number of phenols is 1. The molecule has 7 amide bonds. The van der Waals surface area contributed by atoms with Crippen LogP contribution in [0.2, 0.25) is 0 Å². The van der Waals surface area contributed by atoms with Gasteiger partial charge in [-0.1, -0.05) is 12.1 Å². The largest absolute Gasteiger partial charge is 0.508 e. The van der Waals surface area contributed by atoms with Crippen molar-refractivity contribution < 1.29 is 43.8 Å². The van der Waals surface area contributed by atoms with E-state index in [0.717, 1.165) is 11.8 Å². The summed E-state index contributed by atoms with van der Waals surface area (Å²) in [6, 6.07) is -0.957. The number of benzene rings is 1. The van der Waals surface area contributed by atoms with E-state index >= 15 is 0 Å². The first-order valence-electron chi connectivity index (χ1n) is 17.4. The number of amides is 7. The maximum absolute atomic E-state index is 14.1. The Labute approximate surface area is 318 Å². The van der Waals surface area contributed by atoms with Gasteiger partial charge in [-0.15, -0.1) is 0 Å². The molecule has 0 spiro atoms. The number of nitrogens with one attached hydrogen (secondary N) is 8. The second-order valence-corrected chi connectivity index (χ2v) is 12.8. The van der Waals surface area contributed by atoms with E-state index in [2.05, 4.69) is 31.9 Å². The van der Waals surface area contributed by atoms with Crippen LogP contribution < -0.4 is 54.8 Å². The highest BCUT2D eigenvalue weighted by molar-refractivity contribution is 5.96. The second kappa shape index (κ2) is 23.5. The van der Waals surface area contributed by atoms with E-state index in [9.17, 15) is 43.8 Å². The van der Waals surface area contributed by atoms with Gasteiger partial charge in [0.05, 0.1) is 6.10 Å². The lowest BCUT2D eigenvalue weighted by molar-refractivity contribution is -0.143. The van der Waals surface area contributed by atoms with Gasteiger partial charge >= 0.3 is 0 Å². The van der Waals surface area contributed by atoms with E-state index in [0.29, 0.717) is 5.56 Å². The predicted octanol–water partition coefficient (Wildman–Crippen LogP) is -4.62. The molecule has 55 heavy (non-hydrogen) atoms. The van der Waals surface area contributed by atoms with E-state index in [4.69, 9.17) is 33.8 Å². The van der Waals surface area contributed by atoms with Crippen molar-refractivity contribution in [3.05, 3.63) is 29.8 Å². The number of likely N-dealkylation sites (N-methyl/N-ethyl adjacent to an activating group) is 1. The van der Waals surface area contributed by atoms with Crippen LogP contribution in [0.25, 0.3) is 0 Å². The number of hydrogen-bond donors (Lipinski definition) is 14. The van der Waals surface area contributed by atoms with Crippen molar-refractivity contribution in [3.8, 4) is 5.75 Å². The van der Waals surface area contributed by atoms with Crippen molar-refractivity contribution in [1.29, 1.82) is 10.8 Å². The number of hydrogen-bond acceptors (Lipinski definition) is 11. The highest BCUT2D eigenvalue weighted by Crippen LogP contribution is 2.15. The number of nitrogens with zero attached hydrogens (tertiary/aromatic N) is 1. The van der Waals surface area contributed by atoms with Crippen LogP contribution in [0.5, 0.6) is 5.75 Å². The van der Waals surface area contributed by atoms with Crippen LogP contribution in [0.4, 0.5) is 0 Å². The molecule has 306 valence electrons. The lowest BCUT2D eigenvalue weighted by atomic mass is 10.0. The van der Waals surface area contributed by atoms with Crippen molar-refractivity contribution in [3.63, 3.8) is 0 Å². The fourth-order valence-corrected chi connectivity index (χ4v) is 5.33. The molecule has 0 fully saturated rings. The molecule has 1 aromatic rings. The minimum atomic E-state index is -1.49. The number of aliphatic hydroxyl groups excluding tert-OH is 1. The smallest absolute Gasteiger partial charge is 0.245 e. The molecule has 0 bridgehead atoms. The molecule has 22 heteroatoms. The number of nitrogens with two attached hydrogens (primary N) is 4. The third-order valence-electron chi connectivity index (χ3n) is 8.13. The molecule has 0 aliphatic rings. The molecule has 0 aliphatic heterocycles. The SMILES string of the molecule is CC(=O)N[C@H](C(=O)N[C@@H](CCCNC(=N)N)C(=O)N[C@@H](CCC(N)=O)C(=O)N(C)[C@@H](CCCNC(=N)N)C(=O)N[C@@H](Cc1cccc(O)c1)C(N)=O)[C@@H](C)O. The monoisotopic (exact) mass is 777 g/mol. The summed E-state index contributed by atoms with van der Waals surface area (Å²) < 4.78 is 0. The molecular weight excluding hydrogens is 722 g/mol. The van der Waals surface area contributed by atoms with Crippen molar-refractivity contribution >= 4 is 53.3 Å². The maximum atomic E-state index is 14.1. The highest BCUT2D eigenvalue weighted by Gasteiger charge is 2.36. The lowest BCUT2D eigenvalue weighted by Gasteiger charge is -2.32. The number of aliphatic hydroxyl groups is 1. The predicted molar refractivity (Wildman–Crippen MR) is 199 cm³/mol. The van der Waals surface area contributed by atoms with Gasteiger partial charge in [0, 0.05) is 39.9 Å². The van der Waals surface area contributed by atoms with Gasteiger partial charge < -0.3 is 69.9 Å². The summed E-state index contributed by atoms with van der Waals surface area (Å²) in [5, 5.41) is 49.7. The van der Waals surface area contributed by atoms with Crippen LogP contribution in [-0.2, 0) is 40.0 Å². The Hall–Kier alpha value is -6.19. The van der Waals surface area contributed by atoms with Gasteiger partial charge in [-0.3, -0.25) is 44.4 Å². The van der Waals surface area contributed by atoms with E-state index in [1.165, 1.54) is 32.2 Å². The number of guanidine groups is 2. The van der Waals surface area contributed by atoms with Crippen LogP contribution >= 0.6 is 0 Å². The molecule has 22 nitrogen and oxygen atoms in total. The third-order valence-corrected chi connectivity index (χ3v) is 8.13. The van der Waals surface area contributed by atoms with Crippen molar-refractivity contribution in [2.24, 2.45) is 22.9 Å². The molecule has 18 N–H and O–H groups in total.